The minimum absolute atomic E-state index is 0.115. The molecule has 0 saturated carbocycles. The number of benzene rings is 2. The molecule has 0 aromatic heterocycles. The van der Waals surface area contributed by atoms with Gasteiger partial charge in [-0.3, -0.25) is 4.79 Å². The lowest BCUT2D eigenvalue weighted by molar-refractivity contribution is 0.0624. The number of hydrogen-bond acceptors (Lipinski definition) is 3. The normalized spacial score (nSPS) is 17.0. The number of piperidine rings is 1. The summed E-state index contributed by atoms with van der Waals surface area (Å²) in [4.78, 5) is 14.0. The number of rotatable bonds is 5. The van der Waals surface area contributed by atoms with Crippen LogP contribution in [0.25, 0.3) is 0 Å². The minimum atomic E-state index is -0.827. The van der Waals surface area contributed by atoms with Crippen molar-refractivity contribution in [1.29, 1.82) is 0 Å². The molecule has 1 saturated heterocycles. The molecule has 1 fully saturated rings. The fourth-order valence-electron chi connectivity index (χ4n) is 3.13. The van der Waals surface area contributed by atoms with Crippen LogP contribution in [-0.2, 0) is 0 Å². The average Bonchev–Trinajstić information content (AvgIpc) is 2.67. The molecule has 3 rings (SSSR count). The third-order valence-electron chi connectivity index (χ3n) is 4.53. The lowest BCUT2D eigenvalue weighted by Crippen LogP contribution is -2.42. The van der Waals surface area contributed by atoms with Crippen LogP contribution >= 0.6 is 0 Å². The van der Waals surface area contributed by atoms with Crippen molar-refractivity contribution < 1.29 is 23.0 Å². The van der Waals surface area contributed by atoms with Crippen LogP contribution in [0, 0.1) is 17.6 Å². The van der Waals surface area contributed by atoms with Crippen molar-refractivity contribution in [2.45, 2.75) is 12.8 Å². The molecule has 0 unspecified atom stereocenters. The molecule has 1 aliphatic rings. The number of ether oxygens (including phenoxy) is 2. The second-order valence-corrected chi connectivity index (χ2v) is 6.34. The Labute approximate surface area is 151 Å². The van der Waals surface area contributed by atoms with Gasteiger partial charge in [-0.05, 0) is 49.2 Å². The highest BCUT2D eigenvalue weighted by atomic mass is 19.1. The molecule has 0 bridgehead atoms. The molecule has 138 valence electrons. The van der Waals surface area contributed by atoms with E-state index in [0.717, 1.165) is 36.5 Å². The first-order chi connectivity index (χ1) is 12.6. The van der Waals surface area contributed by atoms with Gasteiger partial charge >= 0.3 is 0 Å². The summed E-state index contributed by atoms with van der Waals surface area (Å²) in [6, 6.07) is 10.7. The zero-order valence-corrected chi connectivity index (χ0v) is 14.6. The number of halogens is 2. The highest BCUT2D eigenvalue weighted by molar-refractivity contribution is 5.94. The van der Waals surface area contributed by atoms with Crippen LogP contribution in [0.3, 0.4) is 0 Å². The van der Waals surface area contributed by atoms with Gasteiger partial charge in [-0.25, -0.2) is 8.78 Å². The van der Waals surface area contributed by atoms with Crippen molar-refractivity contribution in [2.24, 2.45) is 5.92 Å². The number of amides is 1. The maximum absolute atomic E-state index is 13.9. The third-order valence-corrected chi connectivity index (χ3v) is 4.53. The van der Waals surface area contributed by atoms with Gasteiger partial charge < -0.3 is 14.4 Å². The molecule has 0 N–H and O–H groups in total. The molecule has 2 aromatic rings. The number of nitrogens with zero attached hydrogens (tertiary/aromatic N) is 1. The molecule has 1 aliphatic heterocycles. The van der Waals surface area contributed by atoms with Gasteiger partial charge in [0.1, 0.15) is 28.7 Å². The fraction of sp³-hybridized carbons (Fsp3) is 0.350. The molecule has 26 heavy (non-hydrogen) atoms. The first-order valence-corrected chi connectivity index (χ1v) is 8.58. The Morgan fingerprint density at radius 2 is 1.77 bits per heavy atom. The van der Waals surface area contributed by atoms with Gasteiger partial charge in [-0.2, -0.15) is 0 Å². The Morgan fingerprint density at radius 3 is 2.42 bits per heavy atom. The van der Waals surface area contributed by atoms with Gasteiger partial charge in [-0.15, -0.1) is 0 Å². The maximum Gasteiger partial charge on any atom is 0.259 e. The predicted molar refractivity (Wildman–Crippen MR) is 93.5 cm³/mol. The molecular weight excluding hydrogens is 340 g/mol. The largest absolute Gasteiger partial charge is 0.497 e. The molecule has 1 heterocycles. The summed E-state index contributed by atoms with van der Waals surface area (Å²) in [7, 11) is 1.60. The van der Waals surface area contributed by atoms with E-state index < -0.39 is 23.1 Å². The maximum atomic E-state index is 13.9. The van der Waals surface area contributed by atoms with Crippen LogP contribution in [0.1, 0.15) is 23.2 Å². The number of methoxy groups -OCH3 is 1. The molecule has 4 nitrogen and oxygen atoms in total. The lowest BCUT2D eigenvalue weighted by atomic mass is 9.98. The standard InChI is InChI=1S/C20H21F2NO3/c1-25-15-7-9-16(10-8-15)26-13-14-4-3-11-23(12-14)20(24)19-17(21)5-2-6-18(19)22/h2,5-10,14H,3-4,11-13H2,1H3/t14-/m1/s1. The molecule has 6 heteroatoms. The van der Waals surface area contributed by atoms with Crippen molar-refractivity contribution >= 4 is 5.91 Å². The van der Waals surface area contributed by atoms with Gasteiger partial charge in [0.15, 0.2) is 0 Å². The first-order valence-electron chi connectivity index (χ1n) is 8.58. The number of likely N-dealkylation sites (tertiary alicyclic amines) is 1. The van der Waals surface area contributed by atoms with Crippen molar-refractivity contribution in [3.63, 3.8) is 0 Å². The van der Waals surface area contributed by atoms with E-state index in [9.17, 15) is 13.6 Å². The second-order valence-electron chi connectivity index (χ2n) is 6.34. The third kappa shape index (κ3) is 4.12. The van der Waals surface area contributed by atoms with Gasteiger partial charge in [-0.1, -0.05) is 6.07 Å². The molecule has 2 aromatic carbocycles. The summed E-state index contributed by atoms with van der Waals surface area (Å²) in [6.07, 6.45) is 1.68. The molecule has 0 radical (unpaired) electrons. The highest BCUT2D eigenvalue weighted by Crippen LogP contribution is 2.23. The van der Waals surface area contributed by atoms with Crippen LogP contribution in [0.15, 0.2) is 42.5 Å². The van der Waals surface area contributed by atoms with E-state index >= 15 is 0 Å². The zero-order valence-electron chi connectivity index (χ0n) is 14.6. The SMILES string of the molecule is COc1ccc(OC[C@@H]2CCCN(C(=O)c3c(F)cccc3F)C2)cc1. The predicted octanol–water partition coefficient (Wildman–Crippen LogP) is 3.90. The summed E-state index contributed by atoms with van der Waals surface area (Å²) in [5, 5.41) is 0. The van der Waals surface area contributed by atoms with Gasteiger partial charge in [0.25, 0.3) is 5.91 Å². The smallest absolute Gasteiger partial charge is 0.259 e. The zero-order chi connectivity index (χ0) is 18.5. The van der Waals surface area contributed by atoms with E-state index in [-0.39, 0.29) is 5.92 Å². The molecule has 1 amide bonds. The number of hydrogen-bond donors (Lipinski definition) is 0. The van der Waals surface area contributed by atoms with E-state index in [1.807, 2.05) is 24.3 Å². The topological polar surface area (TPSA) is 38.8 Å². The Balaban J connectivity index is 1.61. The van der Waals surface area contributed by atoms with E-state index in [1.165, 1.54) is 11.0 Å². The van der Waals surface area contributed by atoms with Crippen molar-refractivity contribution in [2.75, 3.05) is 26.8 Å². The molecule has 0 aliphatic carbocycles. The van der Waals surface area contributed by atoms with Gasteiger partial charge in [0.05, 0.1) is 13.7 Å². The van der Waals surface area contributed by atoms with E-state index in [0.29, 0.717) is 19.7 Å². The van der Waals surface area contributed by atoms with Crippen LogP contribution in [0.4, 0.5) is 8.78 Å². The first kappa shape index (κ1) is 18.2. The fourth-order valence-corrected chi connectivity index (χ4v) is 3.13. The Hall–Kier alpha value is -2.63. The Bertz CT molecular complexity index is 744. The van der Waals surface area contributed by atoms with Gasteiger partial charge in [0, 0.05) is 19.0 Å². The van der Waals surface area contributed by atoms with Crippen LogP contribution in [0.2, 0.25) is 0 Å². The van der Waals surface area contributed by atoms with E-state index in [1.54, 1.807) is 7.11 Å². The summed E-state index contributed by atoms with van der Waals surface area (Å²) < 4.78 is 38.6. The quantitative estimate of drug-likeness (QED) is 0.811. The van der Waals surface area contributed by atoms with Gasteiger partial charge in [0.2, 0.25) is 0 Å². The summed E-state index contributed by atoms with van der Waals surface area (Å²) in [6.45, 7) is 1.35. The second kappa shape index (κ2) is 8.17. The van der Waals surface area contributed by atoms with Crippen LogP contribution in [-0.4, -0.2) is 37.6 Å². The van der Waals surface area contributed by atoms with Crippen LogP contribution in [0.5, 0.6) is 11.5 Å². The summed E-state index contributed by atoms with van der Waals surface area (Å²) >= 11 is 0. The van der Waals surface area contributed by atoms with Crippen molar-refractivity contribution in [3.05, 3.63) is 59.7 Å². The van der Waals surface area contributed by atoms with Crippen molar-refractivity contribution in [1.82, 2.24) is 4.90 Å². The summed E-state index contributed by atoms with van der Waals surface area (Å²) in [5.74, 6) is -0.675. The molecule has 0 spiro atoms. The average molecular weight is 361 g/mol. The lowest BCUT2D eigenvalue weighted by Gasteiger charge is -2.32. The van der Waals surface area contributed by atoms with E-state index in [2.05, 4.69) is 0 Å². The van der Waals surface area contributed by atoms with Crippen LogP contribution < -0.4 is 9.47 Å². The molecule has 1 atom stereocenters. The number of carbonyl (C=O) groups is 1. The highest BCUT2D eigenvalue weighted by Gasteiger charge is 2.28. The molecular formula is C20H21F2NO3. The Morgan fingerprint density at radius 1 is 1.12 bits per heavy atom. The Kier molecular flexibility index (Phi) is 5.71. The summed E-state index contributed by atoms with van der Waals surface area (Å²) in [5.41, 5.74) is -0.482. The monoisotopic (exact) mass is 361 g/mol. The number of carbonyl (C=O) groups excluding carboxylic acids is 1. The minimum Gasteiger partial charge on any atom is -0.497 e. The van der Waals surface area contributed by atoms with E-state index in [4.69, 9.17) is 9.47 Å². The van der Waals surface area contributed by atoms with Crippen molar-refractivity contribution in [3.8, 4) is 11.5 Å².